The average Bonchev–Trinajstić information content (AvgIpc) is 2.55. The average molecular weight is 395 g/mol. The van der Waals surface area contributed by atoms with Crippen LogP contribution in [0.1, 0.15) is 12.5 Å². The number of carboxylic acids is 1. The molecule has 0 saturated carbocycles. The monoisotopic (exact) mass is 394 g/mol. The van der Waals surface area contributed by atoms with Crippen molar-refractivity contribution in [2.45, 2.75) is 13.5 Å². The van der Waals surface area contributed by atoms with Gasteiger partial charge in [0, 0.05) is 25.2 Å². The van der Waals surface area contributed by atoms with Gasteiger partial charge in [-0.15, -0.1) is 0 Å². The van der Waals surface area contributed by atoms with E-state index < -0.39 is 5.97 Å². The van der Waals surface area contributed by atoms with Gasteiger partial charge >= 0.3 is 0 Å². The number of carboxylic acid groups (broad SMARTS) is 1. The second kappa shape index (κ2) is 10.2. The fourth-order valence-electron chi connectivity index (χ4n) is 1.67. The summed E-state index contributed by atoms with van der Waals surface area (Å²) in [5.41, 5.74) is 0.988. The van der Waals surface area contributed by atoms with E-state index in [1.165, 1.54) is 0 Å². The Kier molecular flexibility index (Phi) is 8.28. The van der Waals surface area contributed by atoms with Gasteiger partial charge in [-0.25, -0.2) is 4.98 Å². The van der Waals surface area contributed by atoms with Crippen molar-refractivity contribution >= 4 is 33.7 Å². The lowest BCUT2D eigenvalue weighted by Crippen LogP contribution is -2.29. The summed E-state index contributed by atoms with van der Waals surface area (Å²) in [6.07, 6.45) is 1.67. The number of aliphatic carboxylic acids is 1. The number of para-hydroxylation sites is 1. The molecule has 128 valence electrons. The number of nitrogens with zero attached hydrogens (tertiary/aromatic N) is 1. The summed E-state index contributed by atoms with van der Waals surface area (Å²) >= 11 is 3.37. The molecule has 1 heterocycles. The molecule has 0 unspecified atom stereocenters. The summed E-state index contributed by atoms with van der Waals surface area (Å²) in [6.45, 7) is 1.58. The maximum absolute atomic E-state index is 9.00. The molecule has 1 aromatic heterocycles. The molecule has 0 amide bonds. The van der Waals surface area contributed by atoms with Crippen molar-refractivity contribution in [1.82, 2.24) is 10.3 Å². The minimum Gasteiger partial charge on any atom is -0.496 e. The summed E-state index contributed by atoms with van der Waals surface area (Å²) in [4.78, 5) is 13.1. The molecule has 0 atom stereocenters. The van der Waals surface area contributed by atoms with Crippen LogP contribution in [-0.4, -0.2) is 29.1 Å². The standard InChI is InChI=1S/C14H15BrN4O.C2H4O2/c1-20-12-7-3-2-5-10(12)9-18-14(16)19-13-11(15)6-4-8-17-13;1-2(3)4/h2-8H,9H2,1H3,(H3,16,17,18,19);1H3,(H,3,4). The molecule has 8 heteroatoms. The van der Waals surface area contributed by atoms with Crippen LogP contribution in [-0.2, 0) is 11.3 Å². The number of anilines is 1. The summed E-state index contributed by atoms with van der Waals surface area (Å²) < 4.78 is 6.07. The highest BCUT2D eigenvalue weighted by Gasteiger charge is 2.05. The smallest absolute Gasteiger partial charge is 0.300 e. The summed E-state index contributed by atoms with van der Waals surface area (Å²) in [5.74, 6) is 0.743. The van der Waals surface area contributed by atoms with Gasteiger partial charge < -0.3 is 20.5 Å². The number of methoxy groups -OCH3 is 1. The molecule has 2 aromatic rings. The number of ether oxygens (including phenoxy) is 1. The zero-order valence-corrected chi connectivity index (χ0v) is 14.9. The van der Waals surface area contributed by atoms with Gasteiger partial charge in [0.05, 0.1) is 11.6 Å². The Morgan fingerprint density at radius 1 is 1.33 bits per heavy atom. The van der Waals surface area contributed by atoms with Crippen molar-refractivity contribution < 1.29 is 14.6 Å². The SMILES string of the molecule is CC(=O)O.COc1ccccc1CNC(=N)Nc1ncccc1Br. The third-order valence-electron chi connectivity index (χ3n) is 2.65. The molecule has 0 aliphatic heterocycles. The Balaban J connectivity index is 0.000000648. The van der Waals surface area contributed by atoms with Crippen LogP contribution in [0.3, 0.4) is 0 Å². The van der Waals surface area contributed by atoms with Crippen LogP contribution in [0.5, 0.6) is 5.75 Å². The van der Waals surface area contributed by atoms with Gasteiger partial charge in [-0.05, 0) is 34.1 Å². The van der Waals surface area contributed by atoms with E-state index in [0.29, 0.717) is 12.4 Å². The maximum Gasteiger partial charge on any atom is 0.300 e. The first-order chi connectivity index (χ1) is 11.4. The number of benzene rings is 1. The number of hydrogen-bond acceptors (Lipinski definition) is 4. The van der Waals surface area contributed by atoms with E-state index in [-0.39, 0.29) is 5.96 Å². The van der Waals surface area contributed by atoms with Crippen molar-refractivity contribution in [3.63, 3.8) is 0 Å². The number of aromatic nitrogens is 1. The molecular weight excluding hydrogens is 376 g/mol. The van der Waals surface area contributed by atoms with Gasteiger partial charge in [-0.2, -0.15) is 0 Å². The van der Waals surface area contributed by atoms with Crippen LogP contribution in [0.2, 0.25) is 0 Å². The third-order valence-corrected chi connectivity index (χ3v) is 3.29. The highest BCUT2D eigenvalue weighted by atomic mass is 79.9. The van der Waals surface area contributed by atoms with E-state index >= 15 is 0 Å². The van der Waals surface area contributed by atoms with Crippen LogP contribution in [0.15, 0.2) is 47.1 Å². The molecule has 1 aromatic carbocycles. The molecule has 0 radical (unpaired) electrons. The normalized spacial score (nSPS) is 9.29. The predicted octanol–water partition coefficient (Wildman–Crippen LogP) is 3.08. The van der Waals surface area contributed by atoms with Crippen LogP contribution in [0.4, 0.5) is 5.82 Å². The molecule has 0 aliphatic rings. The topological polar surface area (TPSA) is 107 Å². The highest BCUT2D eigenvalue weighted by molar-refractivity contribution is 9.10. The van der Waals surface area contributed by atoms with E-state index in [2.05, 4.69) is 31.5 Å². The van der Waals surface area contributed by atoms with Gasteiger partial charge in [-0.1, -0.05) is 18.2 Å². The molecule has 0 bridgehead atoms. The molecular formula is C16H19BrN4O3. The Labute approximate surface area is 148 Å². The van der Waals surface area contributed by atoms with Crippen LogP contribution in [0, 0.1) is 5.41 Å². The first-order valence-corrected chi connectivity index (χ1v) is 7.74. The lowest BCUT2D eigenvalue weighted by molar-refractivity contribution is -0.134. The molecule has 4 N–H and O–H groups in total. The zero-order chi connectivity index (χ0) is 17.9. The molecule has 0 aliphatic carbocycles. The molecule has 0 spiro atoms. The molecule has 7 nitrogen and oxygen atoms in total. The quantitative estimate of drug-likeness (QED) is 0.468. The molecule has 0 saturated heterocycles. The van der Waals surface area contributed by atoms with E-state index in [1.807, 2.05) is 36.4 Å². The van der Waals surface area contributed by atoms with Crippen LogP contribution < -0.4 is 15.4 Å². The fraction of sp³-hybridized carbons (Fsp3) is 0.188. The fourth-order valence-corrected chi connectivity index (χ4v) is 2.03. The first kappa shape index (κ1) is 19.4. The minimum absolute atomic E-state index is 0.176. The van der Waals surface area contributed by atoms with Gasteiger partial charge in [0.15, 0.2) is 5.96 Å². The molecule has 24 heavy (non-hydrogen) atoms. The molecule has 2 rings (SSSR count). The number of nitrogens with one attached hydrogen (secondary N) is 3. The first-order valence-electron chi connectivity index (χ1n) is 6.95. The van der Waals surface area contributed by atoms with E-state index in [1.54, 1.807) is 13.3 Å². The second-order valence-corrected chi connectivity index (χ2v) is 5.37. The predicted molar refractivity (Wildman–Crippen MR) is 96.4 cm³/mol. The van der Waals surface area contributed by atoms with Gasteiger partial charge in [0.2, 0.25) is 0 Å². The Morgan fingerprint density at radius 3 is 2.62 bits per heavy atom. The number of pyridine rings is 1. The second-order valence-electron chi connectivity index (χ2n) is 4.52. The number of carbonyl (C=O) groups is 1. The Bertz CT molecular complexity index is 691. The van der Waals surface area contributed by atoms with Crippen LogP contribution in [0.25, 0.3) is 0 Å². The number of halogens is 1. The van der Waals surface area contributed by atoms with Crippen molar-refractivity contribution in [2.75, 3.05) is 12.4 Å². The third kappa shape index (κ3) is 7.10. The van der Waals surface area contributed by atoms with Crippen molar-refractivity contribution in [3.05, 3.63) is 52.6 Å². The molecule has 0 fully saturated rings. The van der Waals surface area contributed by atoms with E-state index in [0.717, 1.165) is 22.7 Å². The maximum atomic E-state index is 9.00. The lowest BCUT2D eigenvalue weighted by atomic mass is 10.2. The van der Waals surface area contributed by atoms with E-state index in [9.17, 15) is 0 Å². The Hall–Kier alpha value is -2.61. The van der Waals surface area contributed by atoms with Gasteiger partial charge in [0.25, 0.3) is 5.97 Å². The van der Waals surface area contributed by atoms with Gasteiger partial charge in [-0.3, -0.25) is 10.2 Å². The van der Waals surface area contributed by atoms with Crippen molar-refractivity contribution in [3.8, 4) is 5.75 Å². The zero-order valence-electron chi connectivity index (χ0n) is 13.3. The lowest BCUT2D eigenvalue weighted by Gasteiger charge is -2.12. The number of hydrogen-bond donors (Lipinski definition) is 4. The highest BCUT2D eigenvalue weighted by Crippen LogP contribution is 2.18. The van der Waals surface area contributed by atoms with Crippen molar-refractivity contribution in [1.29, 1.82) is 5.41 Å². The number of guanidine groups is 1. The summed E-state index contributed by atoms with van der Waals surface area (Å²) in [5, 5.41) is 21.2. The van der Waals surface area contributed by atoms with E-state index in [4.69, 9.17) is 20.0 Å². The minimum atomic E-state index is -0.833. The van der Waals surface area contributed by atoms with Gasteiger partial charge in [0.1, 0.15) is 11.6 Å². The number of rotatable bonds is 4. The summed E-state index contributed by atoms with van der Waals surface area (Å²) in [6, 6.07) is 11.4. The van der Waals surface area contributed by atoms with Crippen molar-refractivity contribution in [2.24, 2.45) is 0 Å². The largest absolute Gasteiger partial charge is 0.496 e. The van der Waals surface area contributed by atoms with Crippen LogP contribution >= 0.6 is 15.9 Å². The Morgan fingerprint density at radius 2 is 2.00 bits per heavy atom. The summed E-state index contributed by atoms with van der Waals surface area (Å²) in [7, 11) is 1.63.